The van der Waals surface area contributed by atoms with Gasteiger partial charge in [-0.1, -0.05) is 42.1 Å². The minimum Gasteiger partial charge on any atom is -0.273 e. The molecule has 0 aromatic heterocycles. The second kappa shape index (κ2) is 4.64. The van der Waals surface area contributed by atoms with Crippen molar-refractivity contribution in [2.24, 2.45) is 0 Å². The van der Waals surface area contributed by atoms with Crippen molar-refractivity contribution < 1.29 is 22.8 Å². The minimum absolute atomic E-state index is 0.116. The number of hydrogen-bond donors (Lipinski definition) is 0. The van der Waals surface area contributed by atoms with Gasteiger partial charge in [0.2, 0.25) is 5.91 Å². The third-order valence-corrected chi connectivity index (χ3v) is 3.30. The van der Waals surface area contributed by atoms with Crippen molar-refractivity contribution in [2.75, 3.05) is 5.75 Å². The topological polar surface area (TPSA) is 37.4 Å². The van der Waals surface area contributed by atoms with Crippen LogP contribution in [0.5, 0.6) is 0 Å². The van der Waals surface area contributed by atoms with E-state index in [1.807, 2.05) is 0 Å². The van der Waals surface area contributed by atoms with Crippen LogP contribution in [0.15, 0.2) is 30.3 Å². The van der Waals surface area contributed by atoms with Crippen molar-refractivity contribution in [3.63, 3.8) is 0 Å². The monoisotopic (exact) mass is 275 g/mol. The fourth-order valence-electron chi connectivity index (χ4n) is 1.73. The van der Waals surface area contributed by atoms with E-state index >= 15 is 0 Å². The maximum atomic E-state index is 13.0. The van der Waals surface area contributed by atoms with E-state index < -0.39 is 23.4 Å². The summed E-state index contributed by atoms with van der Waals surface area (Å²) in [6.45, 7) is 0. The zero-order chi connectivity index (χ0) is 13.3. The molecule has 7 heteroatoms. The highest BCUT2D eigenvalue weighted by Gasteiger charge is 2.51. The number of benzene rings is 1. The van der Waals surface area contributed by atoms with Gasteiger partial charge in [-0.05, 0) is 5.56 Å². The molecule has 1 aromatic rings. The molecule has 1 aliphatic rings. The highest BCUT2D eigenvalue weighted by Crippen LogP contribution is 2.41. The third kappa shape index (κ3) is 2.35. The van der Waals surface area contributed by atoms with Gasteiger partial charge in [-0.2, -0.15) is 13.2 Å². The Bertz CT molecular complexity index is 459. The summed E-state index contributed by atoms with van der Waals surface area (Å²) in [7, 11) is 0. The first-order valence-electron chi connectivity index (χ1n) is 5.01. The van der Waals surface area contributed by atoms with Crippen molar-refractivity contribution in [3.05, 3.63) is 35.9 Å². The van der Waals surface area contributed by atoms with Crippen LogP contribution in [0.25, 0.3) is 0 Å². The van der Waals surface area contributed by atoms with Crippen molar-refractivity contribution in [3.8, 4) is 0 Å². The molecule has 1 unspecified atom stereocenters. The predicted molar refractivity (Wildman–Crippen MR) is 59.9 cm³/mol. The van der Waals surface area contributed by atoms with E-state index in [2.05, 4.69) is 0 Å². The fraction of sp³-hybridized carbons (Fsp3) is 0.273. The van der Waals surface area contributed by atoms with Crippen LogP contribution in [0.2, 0.25) is 0 Å². The molecule has 3 nitrogen and oxygen atoms in total. The summed E-state index contributed by atoms with van der Waals surface area (Å²) in [4.78, 5) is 23.1. The molecule has 0 N–H and O–H groups in total. The molecular formula is C11H8F3NO2S. The van der Waals surface area contributed by atoms with Gasteiger partial charge >= 0.3 is 6.18 Å². The second-order valence-electron chi connectivity index (χ2n) is 3.67. The van der Waals surface area contributed by atoms with Crippen LogP contribution in [0.1, 0.15) is 11.6 Å². The number of hydrogen-bond acceptors (Lipinski definition) is 3. The Balaban J connectivity index is 2.44. The molecule has 2 rings (SSSR count). The highest BCUT2D eigenvalue weighted by atomic mass is 32.2. The Morgan fingerprint density at radius 2 is 1.78 bits per heavy atom. The van der Waals surface area contributed by atoms with Crippen LogP contribution >= 0.6 is 11.8 Å². The molecule has 0 spiro atoms. The van der Waals surface area contributed by atoms with Gasteiger partial charge in [-0.25, -0.2) is 0 Å². The standard InChI is InChI=1S/C11H8F3NO2S/c12-11(13,14)9(7-4-2-1-3-5-7)15-8(16)6-18-10(15)17/h1-5,9H,6H2. The second-order valence-corrected chi connectivity index (χ2v) is 4.60. The summed E-state index contributed by atoms with van der Waals surface area (Å²) in [6, 6.07) is 4.75. The first kappa shape index (κ1) is 12.9. The molecule has 96 valence electrons. The summed E-state index contributed by atoms with van der Waals surface area (Å²) in [5, 5.41) is -0.855. The number of amides is 2. The first-order valence-corrected chi connectivity index (χ1v) is 6.00. The highest BCUT2D eigenvalue weighted by molar-refractivity contribution is 8.14. The van der Waals surface area contributed by atoms with Crippen LogP contribution < -0.4 is 0 Å². The number of nitrogens with zero attached hydrogens (tertiary/aromatic N) is 1. The molecule has 1 aromatic carbocycles. The fourth-order valence-corrected chi connectivity index (χ4v) is 2.47. The van der Waals surface area contributed by atoms with Crippen LogP contribution in [0.4, 0.5) is 18.0 Å². The van der Waals surface area contributed by atoms with E-state index in [1.54, 1.807) is 6.07 Å². The summed E-state index contributed by atoms with van der Waals surface area (Å²) in [6.07, 6.45) is -4.68. The molecule has 0 bridgehead atoms. The van der Waals surface area contributed by atoms with Gasteiger partial charge in [-0.15, -0.1) is 0 Å². The SMILES string of the molecule is O=C1CSC(=O)N1C(c1ccccc1)C(F)(F)F. The number of rotatable bonds is 2. The molecule has 2 amide bonds. The molecule has 0 aliphatic carbocycles. The first-order chi connectivity index (χ1) is 8.41. The van der Waals surface area contributed by atoms with Crippen LogP contribution in [0.3, 0.4) is 0 Å². The summed E-state index contributed by atoms with van der Waals surface area (Å²) >= 11 is 0.590. The molecule has 0 saturated carbocycles. The largest absolute Gasteiger partial charge is 0.413 e. The van der Waals surface area contributed by atoms with E-state index in [1.165, 1.54) is 24.3 Å². The molecule has 1 atom stereocenters. The Labute approximate surface area is 105 Å². The average Bonchev–Trinajstić information content (AvgIpc) is 2.61. The lowest BCUT2D eigenvalue weighted by Crippen LogP contribution is -2.41. The van der Waals surface area contributed by atoms with Gasteiger partial charge in [0.1, 0.15) is 0 Å². The summed E-state index contributed by atoms with van der Waals surface area (Å²) in [5.41, 5.74) is -0.116. The zero-order valence-electron chi connectivity index (χ0n) is 8.98. The van der Waals surface area contributed by atoms with Crippen LogP contribution in [-0.2, 0) is 4.79 Å². The maximum absolute atomic E-state index is 13.0. The predicted octanol–water partition coefficient (Wildman–Crippen LogP) is 2.99. The summed E-state index contributed by atoms with van der Waals surface area (Å²) in [5.74, 6) is -1.05. The van der Waals surface area contributed by atoms with Crippen molar-refractivity contribution in [1.82, 2.24) is 4.90 Å². The van der Waals surface area contributed by atoms with Crippen LogP contribution in [0, 0.1) is 0 Å². The van der Waals surface area contributed by atoms with Gasteiger partial charge in [-0.3, -0.25) is 14.5 Å². The van der Waals surface area contributed by atoms with Gasteiger partial charge in [0.25, 0.3) is 5.24 Å². The normalized spacial score (nSPS) is 18.3. The Hall–Kier alpha value is -1.50. The number of carbonyl (C=O) groups excluding carboxylic acids is 2. The number of imide groups is 1. The molecule has 1 aliphatic heterocycles. The third-order valence-electron chi connectivity index (χ3n) is 2.47. The number of carbonyl (C=O) groups is 2. The molecule has 1 fully saturated rings. The Morgan fingerprint density at radius 3 is 2.22 bits per heavy atom. The minimum atomic E-state index is -4.68. The van der Waals surface area contributed by atoms with Crippen molar-refractivity contribution >= 4 is 22.9 Å². The van der Waals surface area contributed by atoms with Crippen LogP contribution in [-0.4, -0.2) is 28.0 Å². The Kier molecular flexibility index (Phi) is 3.34. The van der Waals surface area contributed by atoms with E-state index in [9.17, 15) is 22.8 Å². The quantitative estimate of drug-likeness (QED) is 0.832. The Morgan fingerprint density at radius 1 is 1.17 bits per heavy atom. The lowest BCUT2D eigenvalue weighted by atomic mass is 10.1. The van der Waals surface area contributed by atoms with Crippen molar-refractivity contribution in [2.45, 2.75) is 12.2 Å². The van der Waals surface area contributed by atoms with E-state index in [0.29, 0.717) is 16.7 Å². The maximum Gasteiger partial charge on any atom is 0.413 e. The molecule has 1 saturated heterocycles. The average molecular weight is 275 g/mol. The number of alkyl halides is 3. The molecular weight excluding hydrogens is 267 g/mol. The van der Waals surface area contributed by atoms with Crippen molar-refractivity contribution in [1.29, 1.82) is 0 Å². The van der Waals surface area contributed by atoms with E-state index in [4.69, 9.17) is 0 Å². The van der Waals surface area contributed by atoms with Gasteiger partial charge in [0.05, 0.1) is 5.75 Å². The molecule has 1 heterocycles. The molecule has 18 heavy (non-hydrogen) atoms. The van der Waals surface area contributed by atoms with E-state index in [0.717, 1.165) is 0 Å². The van der Waals surface area contributed by atoms with Gasteiger partial charge < -0.3 is 0 Å². The number of thioether (sulfide) groups is 1. The molecule has 0 radical (unpaired) electrons. The van der Waals surface area contributed by atoms with Gasteiger partial charge in [0, 0.05) is 0 Å². The lowest BCUT2D eigenvalue weighted by Gasteiger charge is -2.27. The number of halogens is 3. The zero-order valence-corrected chi connectivity index (χ0v) is 9.79. The summed E-state index contributed by atoms with van der Waals surface area (Å²) < 4.78 is 39.1. The smallest absolute Gasteiger partial charge is 0.273 e. The van der Waals surface area contributed by atoms with Gasteiger partial charge in [0.15, 0.2) is 6.04 Å². The van der Waals surface area contributed by atoms with E-state index in [-0.39, 0.29) is 11.3 Å². The lowest BCUT2D eigenvalue weighted by molar-refractivity contribution is -0.182.